The van der Waals surface area contributed by atoms with E-state index in [2.05, 4.69) is 11.1 Å². The molecule has 182 valence electrons. The lowest BCUT2D eigenvalue weighted by atomic mass is 9.95. The van der Waals surface area contributed by atoms with Gasteiger partial charge in [0.25, 0.3) is 5.91 Å². The van der Waals surface area contributed by atoms with Crippen molar-refractivity contribution in [2.75, 3.05) is 26.2 Å². The van der Waals surface area contributed by atoms with Gasteiger partial charge in [0.1, 0.15) is 0 Å². The minimum absolute atomic E-state index is 0.0189. The van der Waals surface area contributed by atoms with E-state index in [9.17, 15) is 14.4 Å². The summed E-state index contributed by atoms with van der Waals surface area (Å²) >= 11 is 0. The lowest BCUT2D eigenvalue weighted by molar-refractivity contribution is -0.151. The van der Waals surface area contributed by atoms with E-state index in [1.165, 1.54) is 0 Å². The first-order valence-electron chi connectivity index (χ1n) is 12.4. The van der Waals surface area contributed by atoms with Gasteiger partial charge in [-0.25, -0.2) is 0 Å². The predicted molar refractivity (Wildman–Crippen MR) is 133 cm³/mol. The summed E-state index contributed by atoms with van der Waals surface area (Å²) in [5.74, 6) is -0.325. The summed E-state index contributed by atoms with van der Waals surface area (Å²) < 4.78 is 5.13. The molecule has 35 heavy (non-hydrogen) atoms. The average molecular weight is 474 g/mol. The van der Waals surface area contributed by atoms with Crippen LogP contribution in [0.5, 0.6) is 0 Å². The normalized spacial score (nSPS) is 18.2. The van der Waals surface area contributed by atoms with Crippen molar-refractivity contribution in [1.29, 1.82) is 0 Å². The second kappa shape index (κ2) is 9.56. The number of aryl methyl sites for hydroxylation is 1. The van der Waals surface area contributed by atoms with Gasteiger partial charge in [-0.3, -0.25) is 14.4 Å². The van der Waals surface area contributed by atoms with E-state index in [1.807, 2.05) is 59.2 Å². The summed E-state index contributed by atoms with van der Waals surface area (Å²) in [5, 5.41) is 1.09. The zero-order valence-electron chi connectivity index (χ0n) is 20.3. The molecule has 1 aromatic heterocycles. The number of carbonyl (C=O) groups is 3. The van der Waals surface area contributed by atoms with Gasteiger partial charge in [-0.05, 0) is 44.4 Å². The number of hydrogen-bond donors (Lipinski definition) is 1. The van der Waals surface area contributed by atoms with Crippen LogP contribution in [0.1, 0.15) is 59.4 Å². The average Bonchev–Trinajstić information content (AvgIpc) is 3.35. The number of benzene rings is 2. The predicted octanol–water partition coefficient (Wildman–Crippen LogP) is 4.21. The highest BCUT2D eigenvalue weighted by atomic mass is 16.5. The van der Waals surface area contributed by atoms with Crippen LogP contribution in [0.2, 0.25) is 0 Å². The molecule has 2 aromatic carbocycles. The standard InChI is InChI=1S/C28H31N3O4/c1-3-35-28(34)19-12-15-30(16-13-19)24(32)14-17-31-26(20-8-4-5-9-21(20)27(31)33)25-18(2)29-23-11-7-6-10-22(23)25/h4-11,19,26,29H,3,12-17H2,1-2H3/t26-/m1/s1. The molecule has 2 aliphatic heterocycles. The van der Waals surface area contributed by atoms with Gasteiger partial charge in [-0.15, -0.1) is 0 Å². The zero-order chi connectivity index (χ0) is 24.5. The fourth-order valence-corrected chi connectivity index (χ4v) is 5.56. The maximum absolute atomic E-state index is 13.5. The lowest BCUT2D eigenvalue weighted by Gasteiger charge is -2.32. The molecular weight excluding hydrogens is 442 g/mol. The largest absolute Gasteiger partial charge is 0.466 e. The molecule has 7 heteroatoms. The second-order valence-corrected chi connectivity index (χ2v) is 9.35. The first kappa shape index (κ1) is 23.1. The van der Waals surface area contributed by atoms with E-state index in [0.717, 1.165) is 27.7 Å². The SMILES string of the molecule is CCOC(=O)C1CCN(C(=O)CCN2C(=O)c3ccccc3[C@@H]2c2c(C)[nH]c3ccccc23)CC1. The van der Waals surface area contributed by atoms with Gasteiger partial charge in [0.15, 0.2) is 0 Å². The van der Waals surface area contributed by atoms with E-state index in [0.29, 0.717) is 44.6 Å². The molecule has 0 aliphatic carbocycles. The van der Waals surface area contributed by atoms with Crippen LogP contribution in [-0.2, 0) is 14.3 Å². The molecule has 2 amide bonds. The third-order valence-electron chi connectivity index (χ3n) is 7.31. The number of hydrogen-bond acceptors (Lipinski definition) is 4. The topological polar surface area (TPSA) is 82.7 Å². The van der Waals surface area contributed by atoms with Crippen molar-refractivity contribution in [3.8, 4) is 0 Å². The van der Waals surface area contributed by atoms with E-state index >= 15 is 0 Å². The summed E-state index contributed by atoms with van der Waals surface area (Å²) in [6, 6.07) is 15.6. The summed E-state index contributed by atoms with van der Waals surface area (Å²) in [4.78, 5) is 45.7. The number of H-pyrrole nitrogens is 1. The van der Waals surface area contributed by atoms with E-state index in [1.54, 1.807) is 6.92 Å². The van der Waals surface area contributed by atoms with Crippen molar-refractivity contribution in [2.24, 2.45) is 5.92 Å². The summed E-state index contributed by atoms with van der Waals surface area (Å²) in [7, 11) is 0. The highest BCUT2D eigenvalue weighted by Crippen LogP contribution is 2.42. The summed E-state index contributed by atoms with van der Waals surface area (Å²) in [6.07, 6.45) is 1.49. The zero-order valence-corrected chi connectivity index (χ0v) is 20.3. The Morgan fingerprint density at radius 3 is 2.54 bits per heavy atom. The van der Waals surface area contributed by atoms with Gasteiger partial charge < -0.3 is 19.5 Å². The fraction of sp³-hybridized carbons (Fsp3) is 0.393. The minimum atomic E-state index is -0.239. The van der Waals surface area contributed by atoms with Crippen molar-refractivity contribution in [3.05, 3.63) is 70.9 Å². The van der Waals surface area contributed by atoms with E-state index in [-0.39, 0.29) is 36.2 Å². The number of likely N-dealkylation sites (tertiary alicyclic amines) is 1. The maximum atomic E-state index is 13.5. The molecular formula is C28H31N3O4. The number of fused-ring (bicyclic) bond motifs is 2. The molecule has 0 spiro atoms. The molecule has 0 unspecified atom stereocenters. The molecule has 1 saturated heterocycles. The fourth-order valence-electron chi connectivity index (χ4n) is 5.56. The first-order valence-corrected chi connectivity index (χ1v) is 12.4. The van der Waals surface area contributed by atoms with Crippen LogP contribution in [-0.4, -0.2) is 58.8 Å². The Labute approximate surface area is 205 Å². The molecule has 2 aliphatic rings. The smallest absolute Gasteiger partial charge is 0.309 e. The Morgan fingerprint density at radius 2 is 1.77 bits per heavy atom. The number of carbonyl (C=O) groups excluding carboxylic acids is 3. The number of para-hydroxylation sites is 1. The van der Waals surface area contributed by atoms with Crippen LogP contribution in [0.3, 0.4) is 0 Å². The molecule has 3 aromatic rings. The number of piperidine rings is 1. The Kier molecular flexibility index (Phi) is 6.32. The number of aromatic nitrogens is 1. The highest BCUT2D eigenvalue weighted by Gasteiger charge is 2.39. The molecule has 7 nitrogen and oxygen atoms in total. The molecule has 1 atom stereocenters. The molecule has 0 bridgehead atoms. The van der Waals surface area contributed by atoms with Crippen molar-refractivity contribution in [3.63, 3.8) is 0 Å². The van der Waals surface area contributed by atoms with Gasteiger partial charge >= 0.3 is 5.97 Å². The van der Waals surface area contributed by atoms with Crippen LogP contribution in [0.15, 0.2) is 48.5 Å². The van der Waals surface area contributed by atoms with Crippen molar-refractivity contribution < 1.29 is 19.1 Å². The van der Waals surface area contributed by atoms with Crippen molar-refractivity contribution in [2.45, 2.75) is 39.2 Å². The maximum Gasteiger partial charge on any atom is 0.309 e. The molecule has 3 heterocycles. The number of esters is 1. The van der Waals surface area contributed by atoms with Crippen LogP contribution in [0.25, 0.3) is 10.9 Å². The Morgan fingerprint density at radius 1 is 1.06 bits per heavy atom. The highest BCUT2D eigenvalue weighted by molar-refractivity contribution is 6.01. The van der Waals surface area contributed by atoms with Gasteiger partial charge in [0.05, 0.1) is 18.6 Å². The molecule has 0 radical (unpaired) electrons. The van der Waals surface area contributed by atoms with Crippen LogP contribution in [0, 0.1) is 12.8 Å². The molecule has 1 N–H and O–H groups in total. The third kappa shape index (κ3) is 4.20. The van der Waals surface area contributed by atoms with Crippen LogP contribution >= 0.6 is 0 Å². The summed E-state index contributed by atoms with van der Waals surface area (Å²) in [5.41, 5.74) is 4.83. The van der Waals surface area contributed by atoms with Crippen molar-refractivity contribution in [1.82, 2.24) is 14.8 Å². The van der Waals surface area contributed by atoms with E-state index in [4.69, 9.17) is 4.74 Å². The van der Waals surface area contributed by atoms with Gasteiger partial charge in [0, 0.05) is 53.8 Å². The Bertz CT molecular complexity index is 1270. The Hall–Kier alpha value is -3.61. The molecule has 1 fully saturated rings. The number of nitrogens with zero attached hydrogens (tertiary/aromatic N) is 2. The number of nitrogens with one attached hydrogen (secondary N) is 1. The van der Waals surface area contributed by atoms with Gasteiger partial charge in [0.2, 0.25) is 5.91 Å². The number of amides is 2. The monoisotopic (exact) mass is 473 g/mol. The number of ether oxygens (including phenoxy) is 1. The van der Waals surface area contributed by atoms with Gasteiger partial charge in [-0.2, -0.15) is 0 Å². The first-order chi connectivity index (χ1) is 17.0. The quantitative estimate of drug-likeness (QED) is 0.544. The molecule has 0 saturated carbocycles. The minimum Gasteiger partial charge on any atom is -0.466 e. The van der Waals surface area contributed by atoms with Crippen molar-refractivity contribution >= 4 is 28.7 Å². The van der Waals surface area contributed by atoms with Gasteiger partial charge in [-0.1, -0.05) is 36.4 Å². The number of aromatic amines is 1. The number of rotatable bonds is 6. The van der Waals surface area contributed by atoms with E-state index < -0.39 is 0 Å². The van der Waals surface area contributed by atoms with Crippen LogP contribution in [0.4, 0.5) is 0 Å². The Balaban J connectivity index is 1.35. The summed E-state index contributed by atoms with van der Waals surface area (Å²) in [6.45, 7) is 5.65. The van der Waals surface area contributed by atoms with Crippen LogP contribution < -0.4 is 0 Å². The third-order valence-corrected chi connectivity index (χ3v) is 7.31. The second-order valence-electron chi connectivity index (χ2n) is 9.35. The molecule has 5 rings (SSSR count). The lowest BCUT2D eigenvalue weighted by Crippen LogP contribution is -2.42.